The van der Waals surface area contributed by atoms with Crippen LogP contribution in [0.5, 0.6) is 0 Å². The number of hydrogen-bond acceptors (Lipinski definition) is 4. The van der Waals surface area contributed by atoms with Gasteiger partial charge in [-0.25, -0.2) is 4.98 Å². The third-order valence-electron chi connectivity index (χ3n) is 3.46. The summed E-state index contributed by atoms with van der Waals surface area (Å²) in [5.74, 6) is -0.369. The number of fused-ring (bicyclic) bond motifs is 1. The maximum absolute atomic E-state index is 12.0. The van der Waals surface area contributed by atoms with Crippen molar-refractivity contribution < 1.29 is 9.53 Å². The molecule has 6 heteroatoms. The van der Waals surface area contributed by atoms with Crippen LogP contribution in [0.3, 0.4) is 0 Å². The number of nitrogens with zero attached hydrogens (tertiary/aromatic N) is 1. The zero-order chi connectivity index (χ0) is 15.0. The minimum atomic E-state index is -0.208. The van der Waals surface area contributed by atoms with Gasteiger partial charge in [-0.3, -0.25) is 4.79 Å². The summed E-state index contributed by atoms with van der Waals surface area (Å²) in [5.41, 5.74) is 1.90. The number of esters is 1. The summed E-state index contributed by atoms with van der Waals surface area (Å²) < 4.78 is 5.98. The summed E-state index contributed by atoms with van der Waals surface area (Å²) >= 11 is 11.1. The molecular formula is C15H13BrClNO2S. The molecule has 1 atom stereocenters. The molecule has 0 N–H and O–H groups in total. The third-order valence-corrected chi connectivity index (χ3v) is 5.85. The Kier molecular flexibility index (Phi) is 4.33. The van der Waals surface area contributed by atoms with Crippen LogP contribution in [0.15, 0.2) is 22.7 Å². The molecule has 0 bridgehead atoms. The largest absolute Gasteiger partial charge is 0.465 e. The first kappa shape index (κ1) is 15.0. The van der Waals surface area contributed by atoms with Crippen molar-refractivity contribution in [3.63, 3.8) is 0 Å². The van der Waals surface area contributed by atoms with E-state index in [2.05, 4.69) is 20.9 Å². The Balaban J connectivity index is 1.92. The van der Waals surface area contributed by atoms with E-state index in [4.69, 9.17) is 16.3 Å². The average molecular weight is 387 g/mol. The monoisotopic (exact) mass is 385 g/mol. The van der Waals surface area contributed by atoms with E-state index in [-0.39, 0.29) is 11.9 Å². The second-order valence-electron chi connectivity index (χ2n) is 4.80. The lowest BCUT2D eigenvalue weighted by Crippen LogP contribution is -2.14. The molecular weight excluding hydrogens is 374 g/mol. The van der Waals surface area contributed by atoms with Gasteiger partial charge < -0.3 is 4.74 Å². The van der Waals surface area contributed by atoms with Crippen molar-refractivity contribution in [3.8, 4) is 10.6 Å². The maximum atomic E-state index is 12.0. The predicted molar refractivity (Wildman–Crippen MR) is 88.0 cm³/mol. The van der Waals surface area contributed by atoms with E-state index in [1.807, 2.05) is 25.1 Å². The Morgan fingerprint density at radius 2 is 2.38 bits per heavy atom. The van der Waals surface area contributed by atoms with Crippen LogP contribution in [-0.4, -0.2) is 17.6 Å². The van der Waals surface area contributed by atoms with Crippen LogP contribution < -0.4 is 0 Å². The molecule has 1 aromatic carbocycles. The standard InChI is InChI=1S/C15H13BrClNO2S/c1-2-20-15(19)9-4-6-12-13(9)18-14(21-12)8-3-5-11(17)10(16)7-8/h3,5,7,9H,2,4,6H2,1H3. The second kappa shape index (κ2) is 6.07. The van der Waals surface area contributed by atoms with Gasteiger partial charge in [0.25, 0.3) is 0 Å². The van der Waals surface area contributed by atoms with Gasteiger partial charge in [0.2, 0.25) is 0 Å². The molecule has 21 heavy (non-hydrogen) atoms. The number of rotatable bonds is 3. The number of carbonyl (C=O) groups excluding carboxylic acids is 1. The van der Waals surface area contributed by atoms with E-state index in [9.17, 15) is 4.79 Å². The van der Waals surface area contributed by atoms with Crippen molar-refractivity contribution in [1.29, 1.82) is 0 Å². The zero-order valence-electron chi connectivity index (χ0n) is 11.4. The topological polar surface area (TPSA) is 39.2 Å². The normalized spacial score (nSPS) is 16.8. The predicted octanol–water partition coefficient (Wildman–Crippen LogP) is 4.82. The molecule has 1 unspecified atom stereocenters. The fourth-order valence-electron chi connectivity index (χ4n) is 2.45. The molecule has 0 saturated heterocycles. The Hall–Kier alpha value is -0.910. The van der Waals surface area contributed by atoms with Crippen LogP contribution in [0.2, 0.25) is 5.02 Å². The molecule has 3 nitrogen and oxygen atoms in total. The molecule has 3 rings (SSSR count). The number of carbonyl (C=O) groups is 1. The van der Waals surface area contributed by atoms with Crippen LogP contribution >= 0.6 is 38.9 Å². The highest BCUT2D eigenvalue weighted by atomic mass is 79.9. The molecule has 0 fully saturated rings. The van der Waals surface area contributed by atoms with E-state index < -0.39 is 0 Å². The summed E-state index contributed by atoms with van der Waals surface area (Å²) in [7, 11) is 0. The molecule has 1 aliphatic carbocycles. The third kappa shape index (κ3) is 2.87. The molecule has 1 aromatic heterocycles. The quantitative estimate of drug-likeness (QED) is 0.710. The van der Waals surface area contributed by atoms with Gasteiger partial charge >= 0.3 is 5.97 Å². The number of aromatic nitrogens is 1. The van der Waals surface area contributed by atoms with E-state index in [1.165, 1.54) is 4.88 Å². The van der Waals surface area contributed by atoms with Gasteiger partial charge in [-0.1, -0.05) is 17.7 Å². The van der Waals surface area contributed by atoms with Crippen molar-refractivity contribution in [3.05, 3.63) is 38.3 Å². The molecule has 1 heterocycles. The molecule has 2 aromatic rings. The van der Waals surface area contributed by atoms with Gasteiger partial charge in [0.05, 0.1) is 17.3 Å². The van der Waals surface area contributed by atoms with E-state index in [1.54, 1.807) is 11.3 Å². The second-order valence-corrected chi connectivity index (χ2v) is 7.14. The number of benzene rings is 1. The van der Waals surface area contributed by atoms with Crippen LogP contribution in [0.1, 0.15) is 29.8 Å². The van der Waals surface area contributed by atoms with Gasteiger partial charge in [0.1, 0.15) is 10.9 Å². The molecule has 0 spiro atoms. The lowest BCUT2D eigenvalue weighted by atomic mass is 10.1. The molecule has 110 valence electrons. The Morgan fingerprint density at radius 1 is 1.57 bits per heavy atom. The molecule has 1 aliphatic rings. The molecule has 0 saturated carbocycles. The van der Waals surface area contributed by atoms with Gasteiger partial charge in [-0.15, -0.1) is 11.3 Å². The van der Waals surface area contributed by atoms with E-state index in [0.717, 1.165) is 33.6 Å². The van der Waals surface area contributed by atoms with Crippen LogP contribution in [0.25, 0.3) is 10.6 Å². The molecule has 0 amide bonds. The average Bonchev–Trinajstić information content (AvgIpc) is 3.01. The smallest absolute Gasteiger partial charge is 0.315 e. The zero-order valence-corrected chi connectivity index (χ0v) is 14.5. The van der Waals surface area contributed by atoms with Crippen molar-refractivity contribution in [2.45, 2.75) is 25.7 Å². The lowest BCUT2D eigenvalue weighted by Gasteiger charge is -2.07. The molecule has 0 radical (unpaired) electrons. The van der Waals surface area contributed by atoms with E-state index in [0.29, 0.717) is 11.6 Å². The van der Waals surface area contributed by atoms with Crippen molar-refractivity contribution >= 4 is 44.8 Å². The van der Waals surface area contributed by atoms with Crippen LogP contribution in [0.4, 0.5) is 0 Å². The summed E-state index contributed by atoms with van der Waals surface area (Å²) in [6.07, 6.45) is 1.70. The van der Waals surface area contributed by atoms with Gasteiger partial charge in [0, 0.05) is 14.9 Å². The highest BCUT2D eigenvalue weighted by Crippen LogP contribution is 2.41. The SMILES string of the molecule is CCOC(=O)C1CCc2sc(-c3ccc(Cl)c(Br)c3)nc21. The first-order chi connectivity index (χ1) is 10.1. The van der Waals surface area contributed by atoms with Crippen LogP contribution in [-0.2, 0) is 16.0 Å². The molecule has 0 aliphatic heterocycles. The number of hydrogen-bond donors (Lipinski definition) is 0. The Bertz CT molecular complexity index is 701. The first-order valence-corrected chi connectivity index (χ1v) is 8.70. The Labute approximate surface area is 140 Å². The van der Waals surface area contributed by atoms with Gasteiger partial charge in [0.15, 0.2) is 0 Å². The van der Waals surface area contributed by atoms with Crippen molar-refractivity contribution in [2.75, 3.05) is 6.61 Å². The number of aryl methyl sites for hydroxylation is 1. The summed E-state index contributed by atoms with van der Waals surface area (Å²) in [6.45, 7) is 2.23. The number of ether oxygens (including phenoxy) is 1. The summed E-state index contributed by atoms with van der Waals surface area (Å²) in [5, 5.41) is 1.60. The minimum absolute atomic E-state index is 0.162. The van der Waals surface area contributed by atoms with Crippen molar-refractivity contribution in [2.24, 2.45) is 0 Å². The lowest BCUT2D eigenvalue weighted by molar-refractivity contribution is -0.145. The summed E-state index contributed by atoms with van der Waals surface area (Å²) in [6, 6.07) is 5.74. The summed E-state index contributed by atoms with van der Waals surface area (Å²) in [4.78, 5) is 17.8. The Morgan fingerprint density at radius 3 is 3.10 bits per heavy atom. The van der Waals surface area contributed by atoms with E-state index >= 15 is 0 Å². The van der Waals surface area contributed by atoms with Gasteiger partial charge in [-0.2, -0.15) is 0 Å². The first-order valence-electron chi connectivity index (χ1n) is 6.71. The highest BCUT2D eigenvalue weighted by Gasteiger charge is 2.33. The minimum Gasteiger partial charge on any atom is -0.465 e. The number of halogens is 2. The maximum Gasteiger partial charge on any atom is 0.315 e. The number of thiazole rings is 1. The highest BCUT2D eigenvalue weighted by molar-refractivity contribution is 9.10. The fraction of sp³-hybridized carbons (Fsp3) is 0.333. The van der Waals surface area contributed by atoms with Gasteiger partial charge in [-0.05, 0) is 47.8 Å². The fourth-order valence-corrected chi connectivity index (χ4v) is 4.08. The van der Waals surface area contributed by atoms with Crippen LogP contribution in [0, 0.1) is 0 Å². The van der Waals surface area contributed by atoms with Crippen molar-refractivity contribution in [1.82, 2.24) is 4.98 Å².